The van der Waals surface area contributed by atoms with Crippen LogP contribution in [0.3, 0.4) is 0 Å². The molecule has 2 unspecified atom stereocenters. The van der Waals surface area contributed by atoms with Gasteiger partial charge < -0.3 is 25.6 Å². The number of nitrogens with two attached hydrogens (primary N) is 1. The maximum absolute atomic E-state index is 11.3. The van der Waals surface area contributed by atoms with Crippen LogP contribution in [0.2, 0.25) is 0 Å². The fourth-order valence-corrected chi connectivity index (χ4v) is 1.91. The first-order chi connectivity index (χ1) is 10.6. The van der Waals surface area contributed by atoms with Gasteiger partial charge in [-0.3, -0.25) is 4.79 Å². The van der Waals surface area contributed by atoms with Gasteiger partial charge in [0.15, 0.2) is 11.5 Å². The molecular weight excluding hydrogens is 296 g/mol. The van der Waals surface area contributed by atoms with Gasteiger partial charge in [0.1, 0.15) is 12.7 Å². The third-order valence-corrected chi connectivity index (χ3v) is 3.41. The normalized spacial score (nSPS) is 14.2. The molecule has 1 aromatic rings. The van der Waals surface area contributed by atoms with Crippen LogP contribution in [0.4, 0.5) is 0 Å². The summed E-state index contributed by atoms with van der Waals surface area (Å²) in [5.74, 6) is 0.221. The number of methoxy groups -OCH3 is 1. The summed E-state index contributed by atoms with van der Waals surface area (Å²) in [6.07, 6.45) is -0.636. The molecule has 0 fully saturated rings. The number of aliphatic hydroxyl groups is 1. The highest BCUT2D eigenvalue weighted by atomic mass is 16.5. The van der Waals surface area contributed by atoms with E-state index >= 15 is 0 Å². The first-order valence-corrected chi connectivity index (χ1v) is 7.67. The van der Waals surface area contributed by atoms with Crippen LogP contribution in [-0.2, 0) is 4.79 Å². The van der Waals surface area contributed by atoms with E-state index in [-0.39, 0.29) is 12.1 Å². The van der Waals surface area contributed by atoms with Gasteiger partial charge in [-0.05, 0) is 45.4 Å². The molecule has 0 bridgehead atoms. The van der Waals surface area contributed by atoms with Gasteiger partial charge in [-0.2, -0.15) is 0 Å². The van der Waals surface area contributed by atoms with Crippen LogP contribution >= 0.6 is 0 Å². The van der Waals surface area contributed by atoms with Gasteiger partial charge in [0.2, 0.25) is 5.91 Å². The fraction of sp³-hybridized carbons (Fsp3) is 0.588. The van der Waals surface area contributed by atoms with E-state index in [1.54, 1.807) is 25.1 Å². The van der Waals surface area contributed by atoms with Crippen LogP contribution in [-0.4, -0.2) is 42.9 Å². The molecule has 2 atom stereocenters. The SMILES string of the molecule is COc1cc(C(C)C(N)=O)ccc1OCC(O)CNC(C)(C)C. The summed E-state index contributed by atoms with van der Waals surface area (Å²) in [5, 5.41) is 13.2. The number of hydrogen-bond donors (Lipinski definition) is 3. The van der Waals surface area contributed by atoms with Crippen LogP contribution in [0.5, 0.6) is 11.5 Å². The smallest absolute Gasteiger partial charge is 0.224 e. The van der Waals surface area contributed by atoms with Crippen LogP contribution in [0, 0.1) is 0 Å². The Hall–Kier alpha value is -1.79. The summed E-state index contributed by atoms with van der Waals surface area (Å²) >= 11 is 0. The van der Waals surface area contributed by atoms with E-state index in [0.29, 0.717) is 18.0 Å². The van der Waals surface area contributed by atoms with Crippen LogP contribution in [0.15, 0.2) is 18.2 Å². The molecular formula is C17H28N2O4. The molecule has 1 amide bonds. The minimum absolute atomic E-state index is 0.0643. The zero-order chi connectivity index (χ0) is 17.6. The third kappa shape index (κ3) is 6.46. The molecule has 0 aromatic heterocycles. The van der Waals surface area contributed by atoms with Crippen LogP contribution in [0.1, 0.15) is 39.2 Å². The lowest BCUT2D eigenvalue weighted by molar-refractivity contribution is -0.119. The number of rotatable bonds is 8. The number of amides is 1. The molecule has 0 aliphatic rings. The summed E-state index contributed by atoms with van der Waals surface area (Å²) in [6, 6.07) is 5.22. The highest BCUT2D eigenvalue weighted by Crippen LogP contribution is 2.30. The predicted molar refractivity (Wildman–Crippen MR) is 89.9 cm³/mol. The Balaban J connectivity index is 2.68. The molecule has 0 spiro atoms. The lowest BCUT2D eigenvalue weighted by Gasteiger charge is -2.23. The number of primary amides is 1. The van der Waals surface area contributed by atoms with E-state index in [2.05, 4.69) is 5.32 Å². The van der Waals surface area contributed by atoms with Crippen molar-refractivity contribution in [2.45, 2.75) is 45.3 Å². The minimum Gasteiger partial charge on any atom is -0.493 e. The Morgan fingerprint density at radius 2 is 2.00 bits per heavy atom. The molecule has 130 valence electrons. The maximum Gasteiger partial charge on any atom is 0.224 e. The monoisotopic (exact) mass is 324 g/mol. The highest BCUT2D eigenvalue weighted by Gasteiger charge is 2.16. The molecule has 6 nitrogen and oxygen atoms in total. The Kier molecular flexibility index (Phi) is 6.84. The summed E-state index contributed by atoms with van der Waals surface area (Å²) in [5.41, 5.74) is 6.01. The van der Waals surface area contributed by atoms with Gasteiger partial charge >= 0.3 is 0 Å². The molecule has 4 N–H and O–H groups in total. The minimum atomic E-state index is -0.636. The van der Waals surface area contributed by atoms with Gasteiger partial charge in [0, 0.05) is 12.1 Å². The van der Waals surface area contributed by atoms with Crippen molar-refractivity contribution < 1.29 is 19.4 Å². The van der Waals surface area contributed by atoms with Crippen molar-refractivity contribution in [3.05, 3.63) is 23.8 Å². The molecule has 0 saturated heterocycles. The van der Waals surface area contributed by atoms with Crippen molar-refractivity contribution >= 4 is 5.91 Å². The Bertz CT molecular complexity index is 526. The molecule has 1 aromatic carbocycles. The average Bonchev–Trinajstić information content (AvgIpc) is 2.49. The summed E-state index contributed by atoms with van der Waals surface area (Å²) < 4.78 is 10.9. The van der Waals surface area contributed by atoms with Crippen molar-refractivity contribution in [1.29, 1.82) is 0 Å². The van der Waals surface area contributed by atoms with Gasteiger partial charge in [0.05, 0.1) is 13.0 Å². The molecule has 1 rings (SSSR count). The van der Waals surface area contributed by atoms with Crippen molar-refractivity contribution in [2.24, 2.45) is 5.73 Å². The number of nitrogens with one attached hydrogen (secondary N) is 1. The van der Waals surface area contributed by atoms with Crippen molar-refractivity contribution in [2.75, 3.05) is 20.3 Å². The molecule has 0 aliphatic heterocycles. The van der Waals surface area contributed by atoms with Crippen molar-refractivity contribution in [1.82, 2.24) is 5.32 Å². The zero-order valence-electron chi connectivity index (χ0n) is 14.6. The lowest BCUT2D eigenvalue weighted by Crippen LogP contribution is -2.42. The lowest BCUT2D eigenvalue weighted by atomic mass is 10.0. The van der Waals surface area contributed by atoms with Crippen molar-refractivity contribution in [3.8, 4) is 11.5 Å². The van der Waals surface area contributed by atoms with Crippen molar-refractivity contribution in [3.63, 3.8) is 0 Å². The maximum atomic E-state index is 11.3. The van der Waals surface area contributed by atoms with E-state index in [1.807, 2.05) is 20.8 Å². The van der Waals surface area contributed by atoms with E-state index < -0.39 is 17.9 Å². The highest BCUT2D eigenvalue weighted by molar-refractivity contribution is 5.81. The van der Waals surface area contributed by atoms with Gasteiger partial charge in [0.25, 0.3) is 0 Å². The van der Waals surface area contributed by atoms with E-state index in [4.69, 9.17) is 15.2 Å². The molecule has 0 aliphatic carbocycles. The van der Waals surface area contributed by atoms with Gasteiger partial charge in [-0.15, -0.1) is 0 Å². The zero-order valence-corrected chi connectivity index (χ0v) is 14.6. The van der Waals surface area contributed by atoms with E-state index in [9.17, 15) is 9.90 Å². The summed E-state index contributed by atoms with van der Waals surface area (Å²) in [6.45, 7) is 8.40. The molecule has 0 saturated carbocycles. The average molecular weight is 324 g/mol. The number of ether oxygens (including phenoxy) is 2. The second-order valence-corrected chi connectivity index (χ2v) is 6.63. The number of β-amino-alcohol motifs (C(OH)–C–C–N with tert-alkyl or cyclic N) is 1. The quantitative estimate of drug-likeness (QED) is 0.672. The Morgan fingerprint density at radius 1 is 1.35 bits per heavy atom. The second-order valence-electron chi connectivity index (χ2n) is 6.63. The predicted octanol–water partition coefficient (Wildman–Crippen LogP) is 1.41. The van der Waals surface area contributed by atoms with Crippen LogP contribution in [0.25, 0.3) is 0 Å². The second kappa shape index (κ2) is 8.17. The number of aliphatic hydroxyl groups excluding tert-OH is 1. The summed E-state index contributed by atoms with van der Waals surface area (Å²) in [4.78, 5) is 11.3. The van der Waals surface area contributed by atoms with Gasteiger partial charge in [-0.25, -0.2) is 0 Å². The first-order valence-electron chi connectivity index (χ1n) is 7.67. The fourth-order valence-electron chi connectivity index (χ4n) is 1.91. The number of benzene rings is 1. The number of carbonyl (C=O) groups is 1. The largest absolute Gasteiger partial charge is 0.493 e. The first kappa shape index (κ1) is 19.3. The molecule has 6 heteroatoms. The Morgan fingerprint density at radius 3 is 2.52 bits per heavy atom. The molecule has 23 heavy (non-hydrogen) atoms. The van der Waals surface area contributed by atoms with Gasteiger partial charge in [-0.1, -0.05) is 6.07 Å². The topological polar surface area (TPSA) is 93.8 Å². The van der Waals surface area contributed by atoms with Crippen LogP contribution < -0.4 is 20.5 Å². The van der Waals surface area contributed by atoms with E-state index in [0.717, 1.165) is 5.56 Å². The molecule has 0 radical (unpaired) electrons. The Labute approximate surface area is 138 Å². The summed E-state index contributed by atoms with van der Waals surface area (Å²) in [7, 11) is 1.53. The standard InChI is InChI=1S/C17H28N2O4/c1-11(16(18)21)12-6-7-14(15(8-12)22-5)23-10-13(20)9-19-17(2,3)4/h6-8,11,13,19-20H,9-10H2,1-5H3,(H2,18,21). The third-order valence-electron chi connectivity index (χ3n) is 3.41. The van der Waals surface area contributed by atoms with E-state index in [1.165, 1.54) is 7.11 Å². The number of carbonyl (C=O) groups excluding carboxylic acids is 1. The molecule has 0 heterocycles. The number of hydrogen-bond acceptors (Lipinski definition) is 5.